The molecule has 1 aromatic rings. The molecule has 0 aliphatic carbocycles. The van der Waals surface area contributed by atoms with Crippen LogP contribution in [0.25, 0.3) is 0 Å². The number of halogens is 2. The highest BCUT2D eigenvalue weighted by molar-refractivity contribution is 6.30. The predicted octanol–water partition coefficient (Wildman–Crippen LogP) is 3.87. The Balaban J connectivity index is 0.00000289. The van der Waals surface area contributed by atoms with Gasteiger partial charge in [0.15, 0.2) is 0 Å². The summed E-state index contributed by atoms with van der Waals surface area (Å²) in [5.41, 5.74) is 8.10. The molecule has 4 heteroatoms. The molecule has 0 fully saturated rings. The summed E-state index contributed by atoms with van der Waals surface area (Å²) in [6.07, 6.45) is 1.24. The third-order valence-corrected chi connectivity index (χ3v) is 3.28. The van der Waals surface area contributed by atoms with Crippen molar-refractivity contribution >= 4 is 24.0 Å². The molecule has 0 radical (unpaired) electrons. The van der Waals surface area contributed by atoms with Crippen molar-refractivity contribution in [3.05, 3.63) is 34.3 Å². The average molecular weight is 292 g/mol. The molecule has 0 aromatic heterocycles. The van der Waals surface area contributed by atoms with Crippen molar-refractivity contribution < 1.29 is 5.11 Å². The quantitative estimate of drug-likeness (QED) is 0.865. The molecule has 0 spiro atoms. The summed E-state index contributed by atoms with van der Waals surface area (Å²) < 4.78 is 0. The third kappa shape index (κ3) is 5.15. The SMILES string of the molecule is Cc1cc(Cl)ccc1[C@H](N)[C@H](O)CCC(C)C.Cl. The molecule has 0 saturated carbocycles. The van der Waals surface area contributed by atoms with Crippen LogP contribution in [-0.2, 0) is 0 Å². The zero-order valence-electron chi connectivity index (χ0n) is 11.2. The molecule has 0 heterocycles. The Morgan fingerprint density at radius 3 is 2.39 bits per heavy atom. The van der Waals surface area contributed by atoms with E-state index >= 15 is 0 Å². The summed E-state index contributed by atoms with van der Waals surface area (Å²) in [5, 5.41) is 10.8. The lowest BCUT2D eigenvalue weighted by atomic mass is 9.93. The van der Waals surface area contributed by atoms with Gasteiger partial charge in [-0.15, -0.1) is 12.4 Å². The van der Waals surface area contributed by atoms with Crippen LogP contribution in [0.5, 0.6) is 0 Å². The molecule has 2 atom stereocenters. The maximum absolute atomic E-state index is 10.1. The van der Waals surface area contributed by atoms with Crippen LogP contribution < -0.4 is 5.73 Å². The van der Waals surface area contributed by atoms with E-state index in [2.05, 4.69) is 13.8 Å². The molecule has 0 amide bonds. The number of hydrogen-bond acceptors (Lipinski definition) is 2. The summed E-state index contributed by atoms with van der Waals surface area (Å²) in [5.74, 6) is 0.586. The minimum atomic E-state index is -0.489. The molecular formula is C14H23Cl2NO. The predicted molar refractivity (Wildman–Crippen MR) is 80.4 cm³/mol. The number of aliphatic hydroxyl groups is 1. The molecule has 3 N–H and O–H groups in total. The van der Waals surface area contributed by atoms with Crippen molar-refractivity contribution in [3.8, 4) is 0 Å². The summed E-state index contributed by atoms with van der Waals surface area (Å²) >= 11 is 5.90. The molecule has 1 aromatic carbocycles. The van der Waals surface area contributed by atoms with Gasteiger partial charge >= 0.3 is 0 Å². The molecular weight excluding hydrogens is 269 g/mol. The van der Waals surface area contributed by atoms with Gasteiger partial charge < -0.3 is 10.8 Å². The Morgan fingerprint density at radius 2 is 1.89 bits per heavy atom. The molecule has 0 saturated heterocycles. The maximum atomic E-state index is 10.1. The second kappa shape index (κ2) is 8.00. The Morgan fingerprint density at radius 1 is 1.28 bits per heavy atom. The molecule has 1 rings (SSSR count). The Labute approximate surface area is 121 Å². The minimum Gasteiger partial charge on any atom is -0.391 e. The van der Waals surface area contributed by atoms with Crippen molar-refractivity contribution in [3.63, 3.8) is 0 Å². The highest BCUT2D eigenvalue weighted by atomic mass is 35.5. The van der Waals surface area contributed by atoms with E-state index in [0.717, 1.165) is 24.0 Å². The van der Waals surface area contributed by atoms with Gasteiger partial charge in [-0.25, -0.2) is 0 Å². The smallest absolute Gasteiger partial charge is 0.0733 e. The fourth-order valence-corrected chi connectivity index (χ4v) is 2.13. The number of rotatable bonds is 5. The topological polar surface area (TPSA) is 46.2 Å². The van der Waals surface area contributed by atoms with Gasteiger partial charge in [-0.2, -0.15) is 0 Å². The molecule has 18 heavy (non-hydrogen) atoms. The monoisotopic (exact) mass is 291 g/mol. The lowest BCUT2D eigenvalue weighted by Gasteiger charge is -2.21. The second-order valence-corrected chi connectivity index (χ2v) is 5.50. The molecule has 0 bridgehead atoms. The van der Waals surface area contributed by atoms with Crippen LogP contribution in [0.3, 0.4) is 0 Å². The van der Waals surface area contributed by atoms with E-state index in [-0.39, 0.29) is 18.4 Å². The van der Waals surface area contributed by atoms with E-state index in [1.807, 2.05) is 25.1 Å². The fourth-order valence-electron chi connectivity index (χ4n) is 1.90. The van der Waals surface area contributed by atoms with Gasteiger partial charge in [-0.1, -0.05) is 31.5 Å². The summed E-state index contributed by atoms with van der Waals surface area (Å²) in [7, 11) is 0. The van der Waals surface area contributed by atoms with Crippen LogP contribution in [0, 0.1) is 12.8 Å². The highest BCUT2D eigenvalue weighted by Crippen LogP contribution is 2.24. The van der Waals surface area contributed by atoms with Crippen LogP contribution >= 0.6 is 24.0 Å². The van der Waals surface area contributed by atoms with Crippen LogP contribution in [0.2, 0.25) is 5.02 Å². The number of nitrogens with two attached hydrogens (primary N) is 1. The van der Waals surface area contributed by atoms with Crippen LogP contribution in [-0.4, -0.2) is 11.2 Å². The molecule has 104 valence electrons. The lowest BCUT2D eigenvalue weighted by Crippen LogP contribution is -2.27. The largest absolute Gasteiger partial charge is 0.391 e. The zero-order chi connectivity index (χ0) is 13.0. The van der Waals surface area contributed by atoms with Crippen LogP contribution in [0.4, 0.5) is 0 Å². The third-order valence-electron chi connectivity index (χ3n) is 3.05. The Kier molecular flexibility index (Phi) is 7.88. The Hall–Kier alpha value is -0.280. The van der Waals surface area contributed by atoms with Crippen molar-refractivity contribution in [1.29, 1.82) is 0 Å². The van der Waals surface area contributed by atoms with Crippen molar-refractivity contribution in [2.45, 2.75) is 45.8 Å². The summed E-state index contributed by atoms with van der Waals surface area (Å²) in [6, 6.07) is 5.28. The number of aliphatic hydroxyl groups excluding tert-OH is 1. The van der Waals surface area contributed by atoms with Gasteiger partial charge in [0, 0.05) is 5.02 Å². The standard InChI is InChI=1S/C14H22ClNO.ClH/c1-9(2)4-7-13(17)14(16)12-6-5-11(15)8-10(12)3;/h5-6,8-9,13-14,17H,4,7,16H2,1-3H3;1H/t13-,14+;/m1./s1. The summed E-state index contributed by atoms with van der Waals surface area (Å²) in [6.45, 7) is 6.26. The number of hydrogen-bond donors (Lipinski definition) is 2. The first-order valence-electron chi connectivity index (χ1n) is 6.11. The molecule has 0 unspecified atom stereocenters. The minimum absolute atomic E-state index is 0. The lowest BCUT2D eigenvalue weighted by molar-refractivity contribution is 0.128. The van der Waals surface area contributed by atoms with Crippen LogP contribution in [0.1, 0.15) is 43.9 Å². The first-order chi connectivity index (χ1) is 7.91. The van der Waals surface area contributed by atoms with Gasteiger partial charge in [0.25, 0.3) is 0 Å². The second-order valence-electron chi connectivity index (χ2n) is 5.07. The molecule has 0 aliphatic rings. The maximum Gasteiger partial charge on any atom is 0.0733 e. The number of aryl methyl sites for hydroxylation is 1. The normalized spacial score (nSPS) is 14.2. The fraction of sp³-hybridized carbons (Fsp3) is 0.571. The van der Waals surface area contributed by atoms with Gasteiger partial charge in [-0.3, -0.25) is 0 Å². The summed E-state index contributed by atoms with van der Waals surface area (Å²) in [4.78, 5) is 0. The van der Waals surface area contributed by atoms with Gasteiger partial charge in [-0.05, 0) is 48.9 Å². The zero-order valence-corrected chi connectivity index (χ0v) is 12.8. The highest BCUT2D eigenvalue weighted by Gasteiger charge is 2.18. The van der Waals surface area contributed by atoms with E-state index in [1.165, 1.54) is 0 Å². The van der Waals surface area contributed by atoms with Crippen molar-refractivity contribution in [2.75, 3.05) is 0 Å². The molecule has 0 aliphatic heterocycles. The Bertz CT molecular complexity index is 369. The first-order valence-corrected chi connectivity index (χ1v) is 6.49. The first kappa shape index (κ1) is 17.7. The molecule has 2 nitrogen and oxygen atoms in total. The van der Waals surface area contributed by atoms with Gasteiger partial charge in [0.2, 0.25) is 0 Å². The number of benzene rings is 1. The van der Waals surface area contributed by atoms with Crippen molar-refractivity contribution in [1.82, 2.24) is 0 Å². The average Bonchev–Trinajstić information content (AvgIpc) is 2.25. The van der Waals surface area contributed by atoms with E-state index < -0.39 is 6.10 Å². The van der Waals surface area contributed by atoms with E-state index in [4.69, 9.17) is 17.3 Å². The van der Waals surface area contributed by atoms with Crippen molar-refractivity contribution in [2.24, 2.45) is 11.7 Å². The van der Waals surface area contributed by atoms with Gasteiger partial charge in [0.05, 0.1) is 12.1 Å². The van der Waals surface area contributed by atoms with E-state index in [9.17, 15) is 5.11 Å². The van der Waals surface area contributed by atoms with E-state index in [1.54, 1.807) is 0 Å². The van der Waals surface area contributed by atoms with Gasteiger partial charge in [0.1, 0.15) is 0 Å². The van der Waals surface area contributed by atoms with Crippen LogP contribution in [0.15, 0.2) is 18.2 Å². The van der Waals surface area contributed by atoms with E-state index in [0.29, 0.717) is 10.9 Å².